The zero-order valence-electron chi connectivity index (χ0n) is 13.8. The molecule has 0 bridgehead atoms. The summed E-state index contributed by atoms with van der Waals surface area (Å²) < 4.78 is 27.3. The Morgan fingerprint density at radius 1 is 1.17 bits per heavy atom. The maximum absolute atomic E-state index is 12.4. The van der Waals surface area contributed by atoms with Gasteiger partial charge in [-0.1, -0.05) is 6.07 Å². The summed E-state index contributed by atoms with van der Waals surface area (Å²) in [6.45, 7) is 2.65. The summed E-state index contributed by atoms with van der Waals surface area (Å²) in [5.74, 6) is 0.385. The van der Waals surface area contributed by atoms with Gasteiger partial charge in [-0.05, 0) is 48.9 Å². The molecule has 132 valence electrons. The van der Waals surface area contributed by atoms with Gasteiger partial charge in [0.15, 0.2) is 0 Å². The molecule has 3 rings (SSSR count). The second kappa shape index (κ2) is 7.63. The monoisotopic (exact) mass is 351 g/mol. The maximum Gasteiger partial charge on any atom is 0.240 e. The van der Waals surface area contributed by atoms with E-state index in [0.29, 0.717) is 17.4 Å². The van der Waals surface area contributed by atoms with Crippen LogP contribution in [0.4, 0.5) is 0 Å². The molecule has 0 atom stereocenters. The average molecular weight is 351 g/mol. The molecule has 0 saturated carbocycles. The van der Waals surface area contributed by atoms with E-state index < -0.39 is 10.0 Å². The highest BCUT2D eigenvalue weighted by molar-refractivity contribution is 7.89. The molecule has 3 N–H and O–H groups in total. The van der Waals surface area contributed by atoms with Crippen LogP contribution in [0, 0.1) is 5.92 Å². The van der Waals surface area contributed by atoms with Crippen molar-refractivity contribution in [2.75, 3.05) is 26.2 Å². The van der Waals surface area contributed by atoms with Gasteiger partial charge in [-0.2, -0.15) is 0 Å². The molecule has 24 heavy (non-hydrogen) atoms. The Bertz CT molecular complexity index is 699. The van der Waals surface area contributed by atoms with Crippen LogP contribution in [0.15, 0.2) is 23.1 Å². The molecule has 0 radical (unpaired) electrons. The molecule has 1 aliphatic carbocycles. The van der Waals surface area contributed by atoms with Crippen LogP contribution in [0.5, 0.6) is 0 Å². The van der Waals surface area contributed by atoms with Crippen LogP contribution >= 0.6 is 0 Å². The van der Waals surface area contributed by atoms with E-state index in [2.05, 4.69) is 15.4 Å². The lowest BCUT2D eigenvalue weighted by Crippen LogP contribution is -2.48. The SMILES string of the molecule is O=C(CCNS(=O)(=O)c1ccc2c(c1)CCCC2)NCC1CNC1. The Balaban J connectivity index is 1.49. The van der Waals surface area contributed by atoms with Crippen LogP contribution in [-0.2, 0) is 27.7 Å². The zero-order valence-corrected chi connectivity index (χ0v) is 14.6. The molecule has 1 aliphatic heterocycles. The zero-order chi connectivity index (χ0) is 17.0. The number of rotatable bonds is 7. The lowest BCUT2D eigenvalue weighted by molar-refractivity contribution is -0.121. The minimum atomic E-state index is -3.55. The molecule has 0 spiro atoms. The van der Waals surface area contributed by atoms with E-state index in [1.165, 1.54) is 12.0 Å². The highest BCUT2D eigenvalue weighted by atomic mass is 32.2. The third-order valence-electron chi connectivity index (χ3n) is 4.73. The average Bonchev–Trinajstić information content (AvgIpc) is 2.52. The second-order valence-corrected chi connectivity index (χ2v) is 8.38. The summed E-state index contributed by atoms with van der Waals surface area (Å²) in [6.07, 6.45) is 4.41. The molecule has 1 heterocycles. The fourth-order valence-electron chi connectivity index (χ4n) is 3.10. The predicted octanol–water partition coefficient (Wildman–Crippen LogP) is 0.569. The van der Waals surface area contributed by atoms with Crippen molar-refractivity contribution in [3.05, 3.63) is 29.3 Å². The fourth-order valence-corrected chi connectivity index (χ4v) is 4.18. The van der Waals surface area contributed by atoms with Gasteiger partial charge in [0.1, 0.15) is 0 Å². The number of aryl methyl sites for hydroxylation is 2. The number of hydrogen-bond acceptors (Lipinski definition) is 4. The summed E-state index contributed by atoms with van der Waals surface area (Å²) in [4.78, 5) is 12.0. The number of fused-ring (bicyclic) bond motifs is 1. The number of sulfonamides is 1. The molecule has 1 aromatic rings. The lowest BCUT2D eigenvalue weighted by atomic mass is 9.92. The Morgan fingerprint density at radius 3 is 2.62 bits per heavy atom. The Hall–Kier alpha value is -1.44. The summed E-state index contributed by atoms with van der Waals surface area (Å²) in [5.41, 5.74) is 2.39. The standard InChI is InChI=1S/C17H25N3O3S/c21-17(19-12-13-10-18-11-13)7-8-20-24(22,23)16-6-5-14-3-1-2-4-15(14)9-16/h5-6,9,13,18,20H,1-4,7-8,10-12H2,(H,19,21). The van der Waals surface area contributed by atoms with Gasteiger partial charge in [-0.15, -0.1) is 0 Å². The van der Waals surface area contributed by atoms with E-state index >= 15 is 0 Å². The third-order valence-corrected chi connectivity index (χ3v) is 6.19. The van der Waals surface area contributed by atoms with Crippen LogP contribution in [0.1, 0.15) is 30.4 Å². The number of benzene rings is 1. The smallest absolute Gasteiger partial charge is 0.240 e. The third kappa shape index (κ3) is 4.34. The van der Waals surface area contributed by atoms with E-state index in [9.17, 15) is 13.2 Å². The van der Waals surface area contributed by atoms with E-state index in [4.69, 9.17) is 0 Å². The molecular weight excluding hydrogens is 326 g/mol. The molecule has 6 nitrogen and oxygen atoms in total. The van der Waals surface area contributed by atoms with E-state index in [-0.39, 0.29) is 18.9 Å². The lowest BCUT2D eigenvalue weighted by Gasteiger charge is -2.27. The van der Waals surface area contributed by atoms with Gasteiger partial charge in [0.2, 0.25) is 15.9 Å². The van der Waals surface area contributed by atoms with Crippen LogP contribution in [0.3, 0.4) is 0 Å². The number of carbonyl (C=O) groups is 1. The van der Waals surface area contributed by atoms with Gasteiger partial charge in [0, 0.05) is 38.5 Å². The molecular formula is C17H25N3O3S. The summed E-state index contributed by atoms with van der Waals surface area (Å²) in [5, 5.41) is 5.98. The normalized spacial score (nSPS) is 17.8. The topological polar surface area (TPSA) is 87.3 Å². The molecule has 1 fully saturated rings. The van der Waals surface area contributed by atoms with Crippen molar-refractivity contribution in [3.8, 4) is 0 Å². The predicted molar refractivity (Wildman–Crippen MR) is 92.3 cm³/mol. The Morgan fingerprint density at radius 2 is 1.92 bits per heavy atom. The first-order valence-corrected chi connectivity index (χ1v) is 10.1. The highest BCUT2D eigenvalue weighted by Gasteiger charge is 2.19. The van der Waals surface area contributed by atoms with Crippen molar-refractivity contribution in [1.82, 2.24) is 15.4 Å². The molecule has 1 aromatic carbocycles. The van der Waals surface area contributed by atoms with Gasteiger partial charge >= 0.3 is 0 Å². The van der Waals surface area contributed by atoms with Crippen molar-refractivity contribution in [3.63, 3.8) is 0 Å². The van der Waals surface area contributed by atoms with Crippen LogP contribution in [0.25, 0.3) is 0 Å². The van der Waals surface area contributed by atoms with Crippen molar-refractivity contribution in [2.45, 2.75) is 37.0 Å². The minimum Gasteiger partial charge on any atom is -0.356 e. The summed E-state index contributed by atoms with van der Waals surface area (Å²) in [7, 11) is -3.55. The number of nitrogens with one attached hydrogen (secondary N) is 3. The second-order valence-electron chi connectivity index (χ2n) is 6.61. The minimum absolute atomic E-state index is 0.116. The number of hydrogen-bond donors (Lipinski definition) is 3. The molecule has 1 saturated heterocycles. The van der Waals surface area contributed by atoms with Crippen LogP contribution in [-0.4, -0.2) is 40.5 Å². The first-order chi connectivity index (χ1) is 11.5. The molecule has 1 amide bonds. The van der Waals surface area contributed by atoms with Crippen LogP contribution < -0.4 is 15.4 Å². The number of amides is 1. The fraction of sp³-hybridized carbons (Fsp3) is 0.588. The first-order valence-electron chi connectivity index (χ1n) is 8.63. The Labute approximate surface area is 143 Å². The Kier molecular flexibility index (Phi) is 5.53. The highest BCUT2D eigenvalue weighted by Crippen LogP contribution is 2.23. The first kappa shape index (κ1) is 17.4. The van der Waals surface area contributed by atoms with E-state index in [1.54, 1.807) is 12.1 Å². The van der Waals surface area contributed by atoms with Crippen molar-refractivity contribution in [2.24, 2.45) is 5.92 Å². The maximum atomic E-state index is 12.4. The van der Waals surface area contributed by atoms with Gasteiger partial charge in [0.05, 0.1) is 4.90 Å². The summed E-state index contributed by atoms with van der Waals surface area (Å²) >= 11 is 0. The molecule has 7 heteroatoms. The molecule has 0 aromatic heterocycles. The molecule has 0 unspecified atom stereocenters. The van der Waals surface area contributed by atoms with Gasteiger partial charge in [-0.3, -0.25) is 4.79 Å². The van der Waals surface area contributed by atoms with Crippen molar-refractivity contribution in [1.29, 1.82) is 0 Å². The largest absolute Gasteiger partial charge is 0.356 e. The molecule has 2 aliphatic rings. The van der Waals surface area contributed by atoms with E-state index in [1.807, 2.05) is 6.07 Å². The van der Waals surface area contributed by atoms with Gasteiger partial charge < -0.3 is 10.6 Å². The van der Waals surface area contributed by atoms with Crippen LogP contribution in [0.2, 0.25) is 0 Å². The quantitative estimate of drug-likeness (QED) is 0.670. The van der Waals surface area contributed by atoms with Gasteiger partial charge in [0.25, 0.3) is 0 Å². The van der Waals surface area contributed by atoms with Crippen molar-refractivity contribution < 1.29 is 13.2 Å². The van der Waals surface area contributed by atoms with Crippen molar-refractivity contribution >= 4 is 15.9 Å². The van der Waals surface area contributed by atoms with Gasteiger partial charge in [-0.25, -0.2) is 13.1 Å². The van der Waals surface area contributed by atoms with E-state index in [0.717, 1.165) is 37.9 Å². The number of carbonyl (C=O) groups excluding carboxylic acids is 1. The summed E-state index contributed by atoms with van der Waals surface area (Å²) in [6, 6.07) is 5.36.